The van der Waals surface area contributed by atoms with Crippen LogP contribution >= 0.6 is 11.8 Å². The maximum atomic E-state index is 5.75. The van der Waals surface area contributed by atoms with Gasteiger partial charge in [0.1, 0.15) is 11.5 Å². The second-order valence-electron chi connectivity index (χ2n) is 5.21. The summed E-state index contributed by atoms with van der Waals surface area (Å²) in [7, 11) is 3.21. The lowest BCUT2D eigenvalue weighted by molar-refractivity contribution is 0.393. The zero-order valence-corrected chi connectivity index (χ0v) is 14.6. The molecule has 0 radical (unpaired) electrons. The lowest BCUT2D eigenvalue weighted by Gasteiger charge is -2.07. The molecule has 0 aliphatic rings. The molecule has 0 aliphatic heterocycles. The van der Waals surface area contributed by atoms with E-state index >= 15 is 0 Å². The zero-order valence-electron chi connectivity index (χ0n) is 13.8. The van der Waals surface area contributed by atoms with Crippen LogP contribution in [-0.2, 0) is 5.75 Å². The summed E-state index contributed by atoms with van der Waals surface area (Å²) in [6, 6.07) is 13.9. The van der Waals surface area contributed by atoms with Crippen molar-refractivity contribution in [2.45, 2.75) is 17.9 Å². The number of hydrogen-bond acceptors (Lipinski definition) is 6. The van der Waals surface area contributed by atoms with E-state index in [1.165, 1.54) is 22.9 Å². The Morgan fingerprint density at radius 3 is 2.50 bits per heavy atom. The summed E-state index contributed by atoms with van der Waals surface area (Å²) < 4.78 is 16.3. The van der Waals surface area contributed by atoms with E-state index in [-0.39, 0.29) is 0 Å². The normalized spacial score (nSPS) is 10.6. The fraction of sp³-hybridized carbons (Fsp3) is 0.222. The van der Waals surface area contributed by atoms with Crippen molar-refractivity contribution in [1.29, 1.82) is 0 Å². The number of aromatic nitrogens is 2. The molecular formula is C18H18N2O3S. The Morgan fingerprint density at radius 2 is 1.79 bits per heavy atom. The first-order chi connectivity index (χ1) is 11.7. The van der Waals surface area contributed by atoms with Crippen LogP contribution in [0.15, 0.2) is 52.1 Å². The monoisotopic (exact) mass is 342 g/mol. The van der Waals surface area contributed by atoms with Crippen molar-refractivity contribution < 1.29 is 13.9 Å². The molecule has 0 aliphatic carbocycles. The molecule has 5 nitrogen and oxygen atoms in total. The molecule has 3 aromatic rings. The van der Waals surface area contributed by atoms with E-state index in [1.807, 2.05) is 12.1 Å². The van der Waals surface area contributed by atoms with Crippen molar-refractivity contribution in [3.63, 3.8) is 0 Å². The van der Waals surface area contributed by atoms with Gasteiger partial charge in [-0.1, -0.05) is 41.6 Å². The lowest BCUT2D eigenvalue weighted by Crippen LogP contribution is -1.90. The number of nitrogens with zero attached hydrogens (tertiary/aromatic N) is 2. The SMILES string of the molecule is COc1ccc(-c2nnc(SCc3ccc(C)cc3)o2)c(OC)c1. The Balaban J connectivity index is 1.74. The van der Waals surface area contributed by atoms with Gasteiger partial charge in [0.25, 0.3) is 11.1 Å². The van der Waals surface area contributed by atoms with Crippen LogP contribution in [0.2, 0.25) is 0 Å². The van der Waals surface area contributed by atoms with Gasteiger partial charge >= 0.3 is 0 Å². The molecule has 0 amide bonds. The van der Waals surface area contributed by atoms with Crippen LogP contribution in [0.3, 0.4) is 0 Å². The van der Waals surface area contributed by atoms with Gasteiger partial charge in [-0.25, -0.2) is 0 Å². The molecule has 0 saturated heterocycles. The predicted octanol–water partition coefficient (Wildman–Crippen LogP) is 4.35. The van der Waals surface area contributed by atoms with Crippen molar-refractivity contribution in [2.75, 3.05) is 14.2 Å². The summed E-state index contributed by atoms with van der Waals surface area (Å²) in [5.41, 5.74) is 3.20. The molecule has 6 heteroatoms. The van der Waals surface area contributed by atoms with Crippen LogP contribution in [0.25, 0.3) is 11.5 Å². The summed E-state index contributed by atoms with van der Waals surface area (Å²) in [5, 5.41) is 8.75. The molecule has 0 N–H and O–H groups in total. The van der Waals surface area contributed by atoms with Crippen molar-refractivity contribution in [3.8, 4) is 23.0 Å². The molecule has 0 spiro atoms. The van der Waals surface area contributed by atoms with Crippen LogP contribution in [0.5, 0.6) is 11.5 Å². The van der Waals surface area contributed by atoms with Gasteiger partial charge in [0.05, 0.1) is 19.8 Å². The molecular weight excluding hydrogens is 324 g/mol. The summed E-state index contributed by atoms with van der Waals surface area (Å²) >= 11 is 1.51. The molecule has 1 aromatic heterocycles. The maximum Gasteiger partial charge on any atom is 0.277 e. The molecule has 3 rings (SSSR count). The Bertz CT molecular complexity index is 815. The third-order valence-electron chi connectivity index (χ3n) is 3.53. The molecule has 0 atom stereocenters. The molecule has 0 bridgehead atoms. The van der Waals surface area contributed by atoms with Gasteiger partial charge in [0.15, 0.2) is 0 Å². The van der Waals surface area contributed by atoms with Crippen LogP contribution in [0.1, 0.15) is 11.1 Å². The van der Waals surface area contributed by atoms with Gasteiger partial charge in [0, 0.05) is 11.8 Å². The van der Waals surface area contributed by atoms with Crippen LogP contribution in [0, 0.1) is 6.92 Å². The molecule has 0 fully saturated rings. The molecule has 2 aromatic carbocycles. The van der Waals surface area contributed by atoms with Gasteiger partial charge in [-0.2, -0.15) is 0 Å². The minimum atomic E-state index is 0.431. The Kier molecular flexibility index (Phi) is 5.05. The molecule has 0 saturated carbocycles. The highest BCUT2D eigenvalue weighted by molar-refractivity contribution is 7.98. The average molecular weight is 342 g/mol. The molecule has 124 valence electrons. The third kappa shape index (κ3) is 3.71. The maximum absolute atomic E-state index is 5.75. The van der Waals surface area contributed by atoms with Gasteiger partial charge in [-0.3, -0.25) is 0 Å². The number of methoxy groups -OCH3 is 2. The van der Waals surface area contributed by atoms with Crippen LogP contribution in [-0.4, -0.2) is 24.4 Å². The highest BCUT2D eigenvalue weighted by Crippen LogP contribution is 2.34. The molecule has 1 heterocycles. The van der Waals surface area contributed by atoms with E-state index in [9.17, 15) is 0 Å². The Morgan fingerprint density at radius 1 is 1.00 bits per heavy atom. The number of rotatable bonds is 6. The smallest absolute Gasteiger partial charge is 0.277 e. The van der Waals surface area contributed by atoms with Gasteiger partial charge < -0.3 is 13.9 Å². The third-order valence-corrected chi connectivity index (χ3v) is 4.42. The lowest BCUT2D eigenvalue weighted by atomic mass is 10.2. The van der Waals surface area contributed by atoms with E-state index in [0.29, 0.717) is 22.6 Å². The van der Waals surface area contributed by atoms with Crippen molar-refractivity contribution >= 4 is 11.8 Å². The van der Waals surface area contributed by atoms with E-state index in [2.05, 4.69) is 41.4 Å². The summed E-state index contributed by atoms with van der Waals surface area (Å²) in [5.74, 6) is 2.56. The van der Waals surface area contributed by atoms with Gasteiger partial charge in [-0.05, 0) is 24.6 Å². The quantitative estimate of drug-likeness (QED) is 0.621. The van der Waals surface area contributed by atoms with E-state index in [4.69, 9.17) is 13.9 Å². The van der Waals surface area contributed by atoms with Gasteiger partial charge in [-0.15, -0.1) is 10.2 Å². The largest absolute Gasteiger partial charge is 0.497 e. The fourth-order valence-corrected chi connectivity index (χ4v) is 2.90. The van der Waals surface area contributed by atoms with E-state index < -0.39 is 0 Å². The standard InChI is InChI=1S/C18H18N2O3S/c1-12-4-6-13(7-5-12)11-24-18-20-19-17(23-18)15-9-8-14(21-2)10-16(15)22-3/h4-10H,11H2,1-3H3. The van der Waals surface area contributed by atoms with Crippen molar-refractivity contribution in [2.24, 2.45) is 0 Å². The second-order valence-corrected chi connectivity index (χ2v) is 6.14. The first-order valence-electron chi connectivity index (χ1n) is 7.44. The number of thioether (sulfide) groups is 1. The van der Waals surface area contributed by atoms with E-state index in [0.717, 1.165) is 11.3 Å². The van der Waals surface area contributed by atoms with Crippen LogP contribution in [0.4, 0.5) is 0 Å². The first kappa shape index (κ1) is 16.4. The van der Waals surface area contributed by atoms with E-state index in [1.54, 1.807) is 20.3 Å². The minimum Gasteiger partial charge on any atom is -0.497 e. The average Bonchev–Trinajstić information content (AvgIpc) is 3.09. The summed E-state index contributed by atoms with van der Waals surface area (Å²) in [6.07, 6.45) is 0. The highest BCUT2D eigenvalue weighted by Gasteiger charge is 2.14. The van der Waals surface area contributed by atoms with Crippen molar-refractivity contribution in [3.05, 3.63) is 53.6 Å². The Hall–Kier alpha value is -2.47. The van der Waals surface area contributed by atoms with Crippen molar-refractivity contribution in [1.82, 2.24) is 10.2 Å². The van der Waals surface area contributed by atoms with Crippen LogP contribution < -0.4 is 9.47 Å². The summed E-state index contributed by atoms with van der Waals surface area (Å²) in [6.45, 7) is 2.07. The number of ether oxygens (including phenoxy) is 2. The fourth-order valence-electron chi connectivity index (χ4n) is 2.18. The number of aryl methyl sites for hydroxylation is 1. The second kappa shape index (κ2) is 7.40. The minimum absolute atomic E-state index is 0.431. The molecule has 0 unspecified atom stereocenters. The number of benzene rings is 2. The predicted molar refractivity (Wildman–Crippen MR) is 93.6 cm³/mol. The zero-order chi connectivity index (χ0) is 16.9. The molecule has 24 heavy (non-hydrogen) atoms. The topological polar surface area (TPSA) is 57.4 Å². The first-order valence-corrected chi connectivity index (χ1v) is 8.42. The number of hydrogen-bond donors (Lipinski definition) is 0. The Labute approximate surface area is 145 Å². The summed E-state index contributed by atoms with van der Waals surface area (Å²) in [4.78, 5) is 0. The highest BCUT2D eigenvalue weighted by atomic mass is 32.2. The van der Waals surface area contributed by atoms with Gasteiger partial charge in [0.2, 0.25) is 0 Å².